The van der Waals surface area contributed by atoms with Gasteiger partial charge >= 0.3 is 0 Å². The Balaban J connectivity index is 2.27. The molecule has 1 atom stereocenters. The van der Waals surface area contributed by atoms with E-state index in [1.54, 1.807) is 11.8 Å². The van der Waals surface area contributed by atoms with Crippen LogP contribution in [0.1, 0.15) is 0 Å². The van der Waals surface area contributed by atoms with E-state index in [0.717, 1.165) is 6.54 Å². The van der Waals surface area contributed by atoms with Gasteiger partial charge in [0.05, 0.1) is 0 Å². The van der Waals surface area contributed by atoms with Crippen molar-refractivity contribution in [2.45, 2.75) is 5.50 Å². The molecule has 1 rings (SSSR count). The molecule has 1 aliphatic rings. The van der Waals surface area contributed by atoms with E-state index in [1.165, 1.54) is 0 Å². The average molecular weight is 130 g/mol. The fourth-order valence-electron chi connectivity index (χ4n) is 0.600. The molecule has 0 aromatic rings. The summed E-state index contributed by atoms with van der Waals surface area (Å²) in [5.41, 5.74) is 0.417. The zero-order chi connectivity index (χ0) is 5.82. The first-order chi connectivity index (χ1) is 3.93. The second-order valence-corrected chi connectivity index (χ2v) is 2.54. The van der Waals surface area contributed by atoms with E-state index in [9.17, 15) is 0 Å². The van der Waals surface area contributed by atoms with Gasteiger partial charge in [-0.1, -0.05) is 6.08 Å². The normalized spacial score (nSPS) is 27.4. The molecule has 0 fully saturated rings. The molecule has 3 heteroatoms. The molecule has 8 heavy (non-hydrogen) atoms. The number of nitrogens with one attached hydrogen (secondary N) is 2. The van der Waals surface area contributed by atoms with Crippen molar-refractivity contribution in [1.82, 2.24) is 10.6 Å². The minimum absolute atomic E-state index is 0.417. The van der Waals surface area contributed by atoms with E-state index in [2.05, 4.69) is 23.0 Å². The van der Waals surface area contributed by atoms with Crippen molar-refractivity contribution < 1.29 is 0 Å². The van der Waals surface area contributed by atoms with Gasteiger partial charge in [0.2, 0.25) is 0 Å². The van der Waals surface area contributed by atoms with Crippen molar-refractivity contribution in [3.05, 3.63) is 12.3 Å². The van der Waals surface area contributed by atoms with E-state index in [1.807, 2.05) is 6.20 Å². The Labute approximate surface area is 53.7 Å². The minimum Gasteiger partial charge on any atom is -0.368 e. The zero-order valence-electron chi connectivity index (χ0n) is 4.85. The molecule has 0 aliphatic carbocycles. The van der Waals surface area contributed by atoms with Crippen molar-refractivity contribution in [3.63, 3.8) is 0 Å². The molecule has 0 radical (unpaired) electrons. The summed E-state index contributed by atoms with van der Waals surface area (Å²) in [5, 5.41) is 6.37. The van der Waals surface area contributed by atoms with Crippen molar-refractivity contribution in [1.29, 1.82) is 0 Å². The van der Waals surface area contributed by atoms with E-state index >= 15 is 0 Å². The molecular formula is C5H10N2S. The molecule has 2 N–H and O–H groups in total. The molecule has 1 aliphatic heterocycles. The van der Waals surface area contributed by atoms with Crippen LogP contribution in [-0.2, 0) is 0 Å². The van der Waals surface area contributed by atoms with Gasteiger partial charge in [0.1, 0.15) is 5.50 Å². The molecule has 0 amide bonds. The fourth-order valence-corrected chi connectivity index (χ4v) is 1.08. The lowest BCUT2D eigenvalue weighted by molar-refractivity contribution is 0.622. The van der Waals surface area contributed by atoms with E-state index in [4.69, 9.17) is 0 Å². The summed E-state index contributed by atoms with van der Waals surface area (Å²) in [7, 11) is 0. The van der Waals surface area contributed by atoms with Gasteiger partial charge in [-0.15, -0.1) is 11.8 Å². The summed E-state index contributed by atoms with van der Waals surface area (Å²) >= 11 is 1.77. The van der Waals surface area contributed by atoms with E-state index < -0.39 is 0 Å². The maximum Gasteiger partial charge on any atom is 0.125 e. The molecule has 0 unspecified atom stereocenters. The third kappa shape index (κ3) is 1.42. The molecule has 0 aromatic heterocycles. The standard InChI is InChI=1S/C5H10N2S/c1-8-5-6-3-2-4-7-5/h2-3,5-7H,4H2,1H3/t5-/m1/s1. The molecule has 46 valence electrons. The maximum absolute atomic E-state index is 3.23. The first kappa shape index (κ1) is 5.98. The first-order valence-corrected chi connectivity index (χ1v) is 3.89. The van der Waals surface area contributed by atoms with Gasteiger partial charge in [-0.2, -0.15) is 0 Å². The highest BCUT2D eigenvalue weighted by molar-refractivity contribution is 7.99. The number of hydrogen-bond donors (Lipinski definition) is 2. The topological polar surface area (TPSA) is 24.1 Å². The van der Waals surface area contributed by atoms with Crippen molar-refractivity contribution in [2.24, 2.45) is 0 Å². The predicted octanol–water partition coefficient (Wildman–Crippen LogP) is 0.339. The summed E-state index contributed by atoms with van der Waals surface area (Å²) in [5.74, 6) is 0. The molecule has 0 saturated heterocycles. The Bertz CT molecular complexity index is 92.4. The zero-order valence-corrected chi connectivity index (χ0v) is 5.66. The summed E-state index contributed by atoms with van der Waals surface area (Å²) in [4.78, 5) is 0. The van der Waals surface area contributed by atoms with Crippen LogP contribution < -0.4 is 10.6 Å². The van der Waals surface area contributed by atoms with E-state index in [-0.39, 0.29) is 0 Å². The van der Waals surface area contributed by atoms with Crippen LogP contribution in [0, 0.1) is 0 Å². The SMILES string of the molecule is CS[C@@H]1NC=CCN1. The van der Waals surface area contributed by atoms with Crippen LogP contribution in [0.25, 0.3) is 0 Å². The van der Waals surface area contributed by atoms with Crippen LogP contribution in [0.3, 0.4) is 0 Å². The highest BCUT2D eigenvalue weighted by Crippen LogP contribution is 1.99. The molecule has 0 spiro atoms. The molecule has 0 saturated carbocycles. The molecule has 2 nitrogen and oxygen atoms in total. The number of thioether (sulfide) groups is 1. The van der Waals surface area contributed by atoms with Gasteiger partial charge in [0.25, 0.3) is 0 Å². The summed E-state index contributed by atoms with van der Waals surface area (Å²) in [6, 6.07) is 0. The molecule has 0 aromatic carbocycles. The van der Waals surface area contributed by atoms with Gasteiger partial charge < -0.3 is 5.32 Å². The van der Waals surface area contributed by atoms with Crippen molar-refractivity contribution in [3.8, 4) is 0 Å². The fraction of sp³-hybridized carbons (Fsp3) is 0.600. The number of hydrogen-bond acceptors (Lipinski definition) is 3. The third-order valence-electron chi connectivity index (χ3n) is 1.02. The smallest absolute Gasteiger partial charge is 0.125 e. The average Bonchev–Trinajstić information content (AvgIpc) is 1.90. The lowest BCUT2D eigenvalue weighted by Gasteiger charge is -2.18. The Morgan fingerprint density at radius 2 is 2.62 bits per heavy atom. The maximum atomic E-state index is 3.23. The summed E-state index contributed by atoms with van der Waals surface area (Å²) < 4.78 is 0. The van der Waals surface area contributed by atoms with Crippen LogP contribution in [0.15, 0.2) is 12.3 Å². The summed E-state index contributed by atoms with van der Waals surface area (Å²) in [6.07, 6.45) is 6.12. The molecular weight excluding hydrogens is 120 g/mol. The number of rotatable bonds is 1. The minimum atomic E-state index is 0.417. The van der Waals surface area contributed by atoms with Crippen molar-refractivity contribution >= 4 is 11.8 Å². The largest absolute Gasteiger partial charge is 0.368 e. The van der Waals surface area contributed by atoms with Crippen LogP contribution in [0.2, 0.25) is 0 Å². The predicted molar refractivity (Wildman–Crippen MR) is 37.6 cm³/mol. The molecule has 0 bridgehead atoms. The second-order valence-electron chi connectivity index (χ2n) is 1.59. The highest BCUT2D eigenvalue weighted by Gasteiger charge is 2.02. The quantitative estimate of drug-likeness (QED) is 0.535. The Morgan fingerprint density at radius 1 is 1.75 bits per heavy atom. The summed E-state index contributed by atoms with van der Waals surface area (Å²) in [6.45, 7) is 0.985. The third-order valence-corrected chi connectivity index (χ3v) is 1.80. The van der Waals surface area contributed by atoms with E-state index in [0.29, 0.717) is 5.50 Å². The van der Waals surface area contributed by atoms with Crippen LogP contribution in [0.5, 0.6) is 0 Å². The highest BCUT2D eigenvalue weighted by atomic mass is 32.2. The Hall–Kier alpha value is -0.150. The van der Waals surface area contributed by atoms with Gasteiger partial charge in [0, 0.05) is 6.54 Å². The van der Waals surface area contributed by atoms with Gasteiger partial charge in [-0.25, -0.2) is 0 Å². The monoisotopic (exact) mass is 130 g/mol. The Kier molecular flexibility index (Phi) is 2.24. The van der Waals surface area contributed by atoms with Gasteiger partial charge in [-0.3, -0.25) is 5.32 Å². The van der Waals surface area contributed by atoms with Gasteiger partial charge in [-0.05, 0) is 12.5 Å². The van der Waals surface area contributed by atoms with Crippen LogP contribution in [0.4, 0.5) is 0 Å². The Morgan fingerprint density at radius 3 is 3.00 bits per heavy atom. The lowest BCUT2D eigenvalue weighted by atomic mass is 10.5. The van der Waals surface area contributed by atoms with Gasteiger partial charge in [0.15, 0.2) is 0 Å². The first-order valence-electron chi connectivity index (χ1n) is 2.61. The second kappa shape index (κ2) is 2.99. The van der Waals surface area contributed by atoms with Crippen molar-refractivity contribution in [2.75, 3.05) is 12.8 Å². The van der Waals surface area contributed by atoms with Crippen LogP contribution in [-0.4, -0.2) is 18.3 Å². The lowest BCUT2D eigenvalue weighted by Crippen LogP contribution is -2.39. The molecule has 1 heterocycles. The van der Waals surface area contributed by atoms with Crippen LogP contribution >= 0.6 is 11.8 Å².